The van der Waals surface area contributed by atoms with Crippen molar-refractivity contribution in [1.29, 1.82) is 0 Å². The van der Waals surface area contributed by atoms with Crippen LogP contribution in [0.2, 0.25) is 0 Å². The molecule has 1 aliphatic rings. The van der Waals surface area contributed by atoms with E-state index < -0.39 is 40.0 Å². The molecule has 1 atom stereocenters. The second kappa shape index (κ2) is 16.8. The molecule has 17 heteroatoms. The summed E-state index contributed by atoms with van der Waals surface area (Å²) in [7, 11) is -0.911. The average molecular weight is 674 g/mol. The molecule has 1 saturated carbocycles. The number of nitrogens with one attached hydrogen (secondary N) is 2. The summed E-state index contributed by atoms with van der Waals surface area (Å²) in [6.45, 7) is 1.74. The summed E-state index contributed by atoms with van der Waals surface area (Å²) in [5.41, 5.74) is 7.73. The Morgan fingerprint density at radius 2 is 1.65 bits per heavy atom. The van der Waals surface area contributed by atoms with Gasteiger partial charge in [-0.1, -0.05) is 44.2 Å². The lowest BCUT2D eigenvalue weighted by molar-refractivity contribution is -0.192. The van der Waals surface area contributed by atoms with Crippen LogP contribution in [0.4, 0.5) is 18.9 Å². The SMILES string of the molecule is COc1ccc(CC(=O)NC(N)=N[C@H](CC2CCCCC2)C(=O)Nc2cc(S(N)(=O)=O)ccc2C)cc1OC.O=C(O)C(F)(F)F. The van der Waals surface area contributed by atoms with Crippen molar-refractivity contribution in [3.05, 3.63) is 47.5 Å². The van der Waals surface area contributed by atoms with Crippen LogP contribution in [0.15, 0.2) is 46.3 Å². The minimum atomic E-state index is -5.08. The number of carbonyl (C=O) groups excluding carboxylic acids is 2. The van der Waals surface area contributed by atoms with E-state index in [0.29, 0.717) is 34.7 Å². The monoisotopic (exact) mass is 673 g/mol. The topological polar surface area (TPSA) is 212 Å². The number of aliphatic carboxylic acids is 1. The predicted molar refractivity (Wildman–Crippen MR) is 163 cm³/mol. The van der Waals surface area contributed by atoms with E-state index in [1.54, 1.807) is 31.2 Å². The molecule has 0 aromatic heterocycles. The van der Waals surface area contributed by atoms with Crippen molar-refractivity contribution < 1.29 is 50.6 Å². The number of anilines is 1. The number of alkyl halides is 3. The van der Waals surface area contributed by atoms with E-state index in [9.17, 15) is 31.2 Å². The van der Waals surface area contributed by atoms with Gasteiger partial charge in [0.15, 0.2) is 17.5 Å². The van der Waals surface area contributed by atoms with E-state index in [0.717, 1.165) is 32.1 Å². The van der Waals surface area contributed by atoms with E-state index in [2.05, 4.69) is 15.6 Å². The van der Waals surface area contributed by atoms with E-state index in [-0.39, 0.29) is 23.2 Å². The van der Waals surface area contributed by atoms with Crippen molar-refractivity contribution in [2.24, 2.45) is 21.8 Å². The number of rotatable bonds is 10. The van der Waals surface area contributed by atoms with Gasteiger partial charge in [-0.05, 0) is 54.7 Å². The number of halogens is 3. The number of aryl methyl sites for hydroxylation is 1. The number of amides is 2. The Bertz CT molecular complexity index is 1530. The third-order valence-electron chi connectivity index (χ3n) is 7.00. The number of hydrogen-bond donors (Lipinski definition) is 5. The largest absolute Gasteiger partial charge is 0.493 e. The molecule has 7 N–H and O–H groups in total. The number of sulfonamides is 1. The van der Waals surface area contributed by atoms with Gasteiger partial charge in [0, 0.05) is 5.69 Å². The van der Waals surface area contributed by atoms with Gasteiger partial charge in [0.2, 0.25) is 21.8 Å². The Morgan fingerprint density at radius 3 is 2.20 bits per heavy atom. The minimum Gasteiger partial charge on any atom is -0.493 e. The molecular formula is C29H38F3N5O8S. The third kappa shape index (κ3) is 12.2. The van der Waals surface area contributed by atoms with Gasteiger partial charge < -0.3 is 25.6 Å². The Balaban J connectivity index is 0.000000942. The van der Waals surface area contributed by atoms with E-state index in [1.165, 1.54) is 26.4 Å². The standard InChI is InChI=1S/C27H37N5O6S.C2HF3O2/c1-17-9-11-20(39(29,35)36)16-21(17)30-26(34)22(13-18-7-5-4-6-8-18)31-27(28)32-25(33)15-19-10-12-23(37-2)24(14-19)38-3;3-2(4,5)1(6)7/h9-12,14,16,18,22H,4-8,13,15H2,1-3H3,(H,30,34)(H2,29,35,36)(H3,28,31,32,33);(H,6,7)/t22-;/m1./s1. The predicted octanol–water partition coefficient (Wildman–Crippen LogP) is 3.24. The van der Waals surface area contributed by atoms with E-state index in [1.807, 2.05) is 0 Å². The molecule has 2 aromatic carbocycles. The normalized spacial score (nSPS) is 14.7. The highest BCUT2D eigenvalue weighted by atomic mass is 32.2. The molecule has 1 aliphatic carbocycles. The number of benzene rings is 2. The highest BCUT2D eigenvalue weighted by Gasteiger charge is 2.38. The number of carboxylic acids is 1. The molecule has 0 unspecified atom stereocenters. The average Bonchev–Trinajstić information content (AvgIpc) is 2.97. The Labute approximate surface area is 264 Å². The maximum absolute atomic E-state index is 13.3. The Morgan fingerprint density at radius 1 is 1.04 bits per heavy atom. The van der Waals surface area contributed by atoms with E-state index in [4.69, 9.17) is 30.2 Å². The fourth-order valence-electron chi connectivity index (χ4n) is 4.65. The molecule has 13 nitrogen and oxygen atoms in total. The summed E-state index contributed by atoms with van der Waals surface area (Å²) in [4.78, 5) is 39.2. The molecule has 0 spiro atoms. The number of methoxy groups -OCH3 is 2. The number of guanidine groups is 1. The first-order chi connectivity index (χ1) is 21.4. The molecule has 1 fully saturated rings. The van der Waals surface area contributed by atoms with Gasteiger partial charge in [0.25, 0.3) is 0 Å². The lowest BCUT2D eigenvalue weighted by atomic mass is 9.84. The number of carboxylic acid groups (broad SMARTS) is 1. The molecule has 0 heterocycles. The smallest absolute Gasteiger partial charge is 0.490 e. The third-order valence-corrected chi connectivity index (χ3v) is 7.91. The van der Waals surface area contributed by atoms with Crippen molar-refractivity contribution in [2.75, 3.05) is 19.5 Å². The van der Waals surface area contributed by atoms with Gasteiger partial charge in [-0.25, -0.2) is 23.3 Å². The van der Waals surface area contributed by atoms with Crippen molar-refractivity contribution in [1.82, 2.24) is 5.32 Å². The summed E-state index contributed by atoms with van der Waals surface area (Å²) in [6.07, 6.45) is 0.646. The first kappa shape index (κ1) is 37.8. The van der Waals surface area contributed by atoms with Crippen LogP contribution >= 0.6 is 0 Å². The van der Waals surface area contributed by atoms with Crippen LogP contribution in [0, 0.1) is 12.8 Å². The van der Waals surface area contributed by atoms with Gasteiger partial charge >= 0.3 is 12.1 Å². The molecule has 0 bridgehead atoms. The first-order valence-corrected chi connectivity index (χ1v) is 15.6. The fraction of sp³-hybridized carbons (Fsp3) is 0.448. The molecule has 2 amide bonds. The Hall–Kier alpha value is -4.38. The van der Waals surface area contributed by atoms with Crippen LogP contribution in [-0.4, -0.2) is 63.7 Å². The molecular weight excluding hydrogens is 635 g/mol. The maximum atomic E-state index is 13.3. The molecule has 3 rings (SSSR count). The van der Waals surface area contributed by atoms with Crippen molar-refractivity contribution in [2.45, 2.75) is 69.0 Å². The summed E-state index contributed by atoms with van der Waals surface area (Å²) in [6, 6.07) is 8.52. The number of primary sulfonamides is 1. The Kier molecular flexibility index (Phi) is 13.8. The molecule has 46 heavy (non-hydrogen) atoms. The van der Waals surface area contributed by atoms with E-state index >= 15 is 0 Å². The molecule has 0 radical (unpaired) electrons. The van der Waals surface area contributed by atoms with Crippen molar-refractivity contribution in [3.8, 4) is 11.5 Å². The summed E-state index contributed by atoms with van der Waals surface area (Å²) in [5.74, 6) is -2.46. The number of nitrogens with two attached hydrogens (primary N) is 2. The summed E-state index contributed by atoms with van der Waals surface area (Å²) >= 11 is 0. The quantitative estimate of drug-likeness (QED) is 0.185. The van der Waals surface area contributed by atoms with Crippen molar-refractivity contribution >= 4 is 39.5 Å². The highest BCUT2D eigenvalue weighted by Crippen LogP contribution is 2.29. The number of ether oxygens (including phenoxy) is 2. The first-order valence-electron chi connectivity index (χ1n) is 14.0. The number of nitrogens with zero attached hydrogens (tertiary/aromatic N) is 1. The van der Waals surface area contributed by atoms with Gasteiger partial charge in [0.05, 0.1) is 25.5 Å². The van der Waals surface area contributed by atoms with Crippen molar-refractivity contribution in [3.63, 3.8) is 0 Å². The second-order valence-electron chi connectivity index (χ2n) is 10.5. The zero-order chi connectivity index (χ0) is 34.7. The van der Waals surface area contributed by atoms with Crippen LogP contribution in [0.5, 0.6) is 11.5 Å². The second-order valence-corrected chi connectivity index (χ2v) is 12.1. The fourth-order valence-corrected chi connectivity index (χ4v) is 5.19. The number of hydrogen-bond acceptors (Lipinski definition) is 8. The van der Waals surface area contributed by atoms with Crippen LogP contribution < -0.4 is 31.0 Å². The van der Waals surface area contributed by atoms with Crippen LogP contribution in [-0.2, 0) is 30.8 Å². The zero-order valence-corrected chi connectivity index (χ0v) is 26.3. The lowest BCUT2D eigenvalue weighted by Gasteiger charge is -2.24. The lowest BCUT2D eigenvalue weighted by Crippen LogP contribution is -2.40. The molecule has 254 valence electrons. The molecule has 2 aromatic rings. The minimum absolute atomic E-state index is 0.00954. The van der Waals surface area contributed by atoms with Gasteiger partial charge in [-0.3, -0.25) is 14.9 Å². The van der Waals surface area contributed by atoms with Gasteiger partial charge in [-0.15, -0.1) is 0 Å². The number of aliphatic imine (C=N–C) groups is 1. The highest BCUT2D eigenvalue weighted by molar-refractivity contribution is 7.89. The van der Waals surface area contributed by atoms with Crippen LogP contribution in [0.3, 0.4) is 0 Å². The maximum Gasteiger partial charge on any atom is 0.490 e. The van der Waals surface area contributed by atoms with Crippen LogP contribution in [0.1, 0.15) is 49.7 Å². The number of carbonyl (C=O) groups is 3. The molecule has 0 aliphatic heterocycles. The van der Waals surface area contributed by atoms with Gasteiger partial charge in [0.1, 0.15) is 6.04 Å². The van der Waals surface area contributed by atoms with Crippen LogP contribution in [0.25, 0.3) is 0 Å². The zero-order valence-electron chi connectivity index (χ0n) is 25.5. The van der Waals surface area contributed by atoms with Gasteiger partial charge in [-0.2, -0.15) is 13.2 Å². The summed E-state index contributed by atoms with van der Waals surface area (Å²) < 4.78 is 65.8. The molecule has 0 saturated heterocycles. The summed E-state index contributed by atoms with van der Waals surface area (Å²) in [5, 5.41) is 17.7.